The number of carbonyl (C=O) groups is 2. The number of para-hydroxylation sites is 1. The van der Waals surface area contributed by atoms with Crippen molar-refractivity contribution >= 4 is 29.0 Å². The van der Waals surface area contributed by atoms with Crippen LogP contribution in [-0.4, -0.2) is 57.1 Å². The van der Waals surface area contributed by atoms with Gasteiger partial charge in [-0.25, -0.2) is 4.98 Å². The topological polar surface area (TPSA) is 95.7 Å². The molecule has 0 radical (unpaired) electrons. The predicted molar refractivity (Wildman–Crippen MR) is 106 cm³/mol. The Hall–Kier alpha value is -3.49. The molecule has 1 aromatic carbocycles. The van der Waals surface area contributed by atoms with Gasteiger partial charge >= 0.3 is 0 Å². The molecule has 0 bridgehead atoms. The molecule has 1 N–H and O–H groups in total. The van der Waals surface area contributed by atoms with E-state index >= 15 is 0 Å². The SMILES string of the molecule is O=C(N[C@H]1CCN(c2nccn3cnnc23)C1)[C@H]1CC(=O)N(c2ccccc2)C1. The number of hydrogen-bond donors (Lipinski definition) is 1. The summed E-state index contributed by atoms with van der Waals surface area (Å²) in [6, 6.07) is 9.51. The zero-order valence-corrected chi connectivity index (χ0v) is 15.8. The fourth-order valence-electron chi connectivity index (χ4n) is 4.10. The molecule has 5 rings (SSSR count). The average Bonchev–Trinajstić information content (AvgIpc) is 3.47. The molecule has 2 aliphatic heterocycles. The number of rotatable bonds is 4. The third-order valence-corrected chi connectivity index (χ3v) is 5.60. The van der Waals surface area contributed by atoms with Crippen molar-refractivity contribution in [3.8, 4) is 0 Å². The van der Waals surface area contributed by atoms with Crippen LogP contribution in [0.3, 0.4) is 0 Å². The van der Waals surface area contributed by atoms with E-state index in [4.69, 9.17) is 0 Å². The number of hydrogen-bond acceptors (Lipinski definition) is 6. The van der Waals surface area contributed by atoms with Crippen LogP contribution in [-0.2, 0) is 9.59 Å². The lowest BCUT2D eigenvalue weighted by Crippen LogP contribution is -2.41. The van der Waals surface area contributed by atoms with Gasteiger partial charge in [0.15, 0.2) is 5.82 Å². The fourth-order valence-corrected chi connectivity index (χ4v) is 4.10. The van der Waals surface area contributed by atoms with E-state index in [9.17, 15) is 9.59 Å². The lowest BCUT2D eigenvalue weighted by atomic mass is 10.1. The summed E-state index contributed by atoms with van der Waals surface area (Å²) in [7, 11) is 0. The van der Waals surface area contributed by atoms with Gasteiger partial charge in [0.1, 0.15) is 6.33 Å². The minimum Gasteiger partial charge on any atom is -0.351 e. The van der Waals surface area contributed by atoms with Crippen LogP contribution >= 0.6 is 0 Å². The van der Waals surface area contributed by atoms with Gasteiger partial charge < -0.3 is 15.1 Å². The highest BCUT2D eigenvalue weighted by Crippen LogP contribution is 2.26. The largest absolute Gasteiger partial charge is 0.351 e. The molecule has 0 spiro atoms. The quantitative estimate of drug-likeness (QED) is 0.709. The Bertz CT molecular complexity index is 1050. The minimum atomic E-state index is -0.324. The molecule has 29 heavy (non-hydrogen) atoms. The van der Waals surface area contributed by atoms with Crippen LogP contribution in [0.25, 0.3) is 5.65 Å². The highest BCUT2D eigenvalue weighted by molar-refractivity contribution is 6.00. The van der Waals surface area contributed by atoms with Gasteiger partial charge in [-0.05, 0) is 18.6 Å². The minimum absolute atomic E-state index is 0.00733. The molecule has 2 aliphatic rings. The van der Waals surface area contributed by atoms with Crippen LogP contribution < -0.4 is 15.1 Å². The predicted octanol–water partition coefficient (Wildman–Crippen LogP) is 0.872. The van der Waals surface area contributed by atoms with Crippen LogP contribution in [0.2, 0.25) is 0 Å². The monoisotopic (exact) mass is 391 g/mol. The Morgan fingerprint density at radius 1 is 1.17 bits per heavy atom. The highest BCUT2D eigenvalue weighted by Gasteiger charge is 2.36. The summed E-state index contributed by atoms with van der Waals surface area (Å²) in [4.78, 5) is 33.4. The second-order valence-electron chi connectivity index (χ2n) is 7.49. The normalized spacial score (nSPS) is 21.9. The van der Waals surface area contributed by atoms with E-state index in [-0.39, 0.29) is 30.2 Å². The van der Waals surface area contributed by atoms with Gasteiger partial charge in [0, 0.05) is 50.2 Å². The standard InChI is InChI=1S/C20H21N7O2/c28-17-10-14(11-27(17)16-4-2-1-3-5-16)20(29)23-15-6-8-25(12-15)18-19-24-22-13-26(19)9-7-21-18/h1-5,7,9,13-15H,6,8,10-12H2,(H,23,29)/t14-,15-/m0/s1. The Labute approximate surface area is 167 Å². The third kappa shape index (κ3) is 3.28. The molecule has 9 heteroatoms. The van der Waals surface area contributed by atoms with Gasteiger partial charge in [-0.3, -0.25) is 14.0 Å². The van der Waals surface area contributed by atoms with Crippen LogP contribution in [0.1, 0.15) is 12.8 Å². The van der Waals surface area contributed by atoms with Crippen molar-refractivity contribution in [2.24, 2.45) is 5.92 Å². The molecule has 2 aromatic heterocycles. The first-order valence-corrected chi connectivity index (χ1v) is 9.74. The molecule has 9 nitrogen and oxygen atoms in total. The zero-order valence-electron chi connectivity index (χ0n) is 15.8. The molecule has 148 valence electrons. The zero-order chi connectivity index (χ0) is 19.8. The first kappa shape index (κ1) is 17.6. The van der Waals surface area contributed by atoms with E-state index in [1.807, 2.05) is 40.9 Å². The number of carbonyl (C=O) groups excluding carboxylic acids is 2. The van der Waals surface area contributed by atoms with Crippen molar-refractivity contribution in [2.75, 3.05) is 29.4 Å². The third-order valence-electron chi connectivity index (χ3n) is 5.60. The van der Waals surface area contributed by atoms with Crippen LogP contribution in [0.5, 0.6) is 0 Å². The van der Waals surface area contributed by atoms with Gasteiger partial charge in [0.25, 0.3) is 0 Å². The van der Waals surface area contributed by atoms with Crippen molar-refractivity contribution in [2.45, 2.75) is 18.9 Å². The van der Waals surface area contributed by atoms with E-state index < -0.39 is 0 Å². The van der Waals surface area contributed by atoms with E-state index in [0.717, 1.165) is 24.5 Å². The first-order valence-electron chi connectivity index (χ1n) is 9.74. The summed E-state index contributed by atoms with van der Waals surface area (Å²) < 4.78 is 1.83. The number of anilines is 2. The summed E-state index contributed by atoms with van der Waals surface area (Å²) in [5.74, 6) is 0.382. The van der Waals surface area contributed by atoms with E-state index in [0.29, 0.717) is 18.7 Å². The molecule has 4 heterocycles. The summed E-state index contributed by atoms with van der Waals surface area (Å²) in [6.07, 6.45) is 6.25. The van der Waals surface area contributed by atoms with Gasteiger partial charge in [-0.15, -0.1) is 10.2 Å². The Balaban J connectivity index is 1.22. The summed E-state index contributed by atoms with van der Waals surface area (Å²) in [5, 5.41) is 11.2. The molecule has 0 saturated carbocycles. The molecule has 3 aromatic rings. The Morgan fingerprint density at radius 3 is 2.90 bits per heavy atom. The molecule has 2 atom stereocenters. The van der Waals surface area contributed by atoms with Crippen LogP contribution in [0.15, 0.2) is 49.1 Å². The first-order chi connectivity index (χ1) is 14.2. The van der Waals surface area contributed by atoms with Gasteiger partial charge in [0.2, 0.25) is 17.5 Å². The van der Waals surface area contributed by atoms with Crippen molar-refractivity contribution in [3.63, 3.8) is 0 Å². The average molecular weight is 391 g/mol. The number of nitrogens with zero attached hydrogens (tertiary/aromatic N) is 6. The van der Waals surface area contributed by atoms with E-state index in [1.165, 1.54) is 0 Å². The molecular weight excluding hydrogens is 370 g/mol. The van der Waals surface area contributed by atoms with Crippen molar-refractivity contribution in [1.29, 1.82) is 0 Å². The van der Waals surface area contributed by atoms with Crippen LogP contribution in [0, 0.1) is 5.92 Å². The van der Waals surface area contributed by atoms with E-state index in [2.05, 4.69) is 25.4 Å². The Morgan fingerprint density at radius 2 is 2.03 bits per heavy atom. The molecule has 0 unspecified atom stereocenters. The lowest BCUT2D eigenvalue weighted by Gasteiger charge is -2.19. The maximum atomic E-state index is 12.8. The van der Waals surface area contributed by atoms with Gasteiger partial charge in [-0.2, -0.15) is 0 Å². The van der Waals surface area contributed by atoms with Crippen molar-refractivity contribution < 1.29 is 9.59 Å². The molecule has 0 aliphatic carbocycles. The molecule has 2 fully saturated rings. The smallest absolute Gasteiger partial charge is 0.227 e. The number of fused-ring (bicyclic) bond motifs is 1. The van der Waals surface area contributed by atoms with Gasteiger partial charge in [0.05, 0.1) is 5.92 Å². The highest BCUT2D eigenvalue weighted by atomic mass is 16.2. The number of aromatic nitrogens is 4. The molecular formula is C20H21N7O2. The lowest BCUT2D eigenvalue weighted by molar-refractivity contribution is -0.126. The van der Waals surface area contributed by atoms with E-state index in [1.54, 1.807) is 17.4 Å². The number of amides is 2. The van der Waals surface area contributed by atoms with Gasteiger partial charge in [-0.1, -0.05) is 18.2 Å². The second-order valence-corrected chi connectivity index (χ2v) is 7.49. The van der Waals surface area contributed by atoms with Crippen molar-refractivity contribution in [3.05, 3.63) is 49.1 Å². The second kappa shape index (κ2) is 7.16. The molecule has 2 amide bonds. The van der Waals surface area contributed by atoms with Crippen molar-refractivity contribution in [1.82, 2.24) is 24.9 Å². The van der Waals surface area contributed by atoms with Crippen LogP contribution in [0.4, 0.5) is 11.5 Å². The molecule has 2 saturated heterocycles. The number of nitrogens with one attached hydrogen (secondary N) is 1. The summed E-state index contributed by atoms with van der Waals surface area (Å²) >= 11 is 0. The summed E-state index contributed by atoms with van der Waals surface area (Å²) in [6.45, 7) is 1.87. The number of benzene rings is 1. The maximum absolute atomic E-state index is 12.8. The summed E-state index contributed by atoms with van der Waals surface area (Å²) in [5.41, 5.74) is 1.55. The Kier molecular flexibility index (Phi) is 4.34. The fraction of sp³-hybridized carbons (Fsp3) is 0.350. The maximum Gasteiger partial charge on any atom is 0.227 e.